The van der Waals surface area contributed by atoms with Crippen LogP contribution in [0.4, 0.5) is 11.4 Å². The second-order valence-electron chi connectivity index (χ2n) is 13.2. The Labute approximate surface area is 278 Å². The molecule has 0 aromatic heterocycles. The summed E-state index contributed by atoms with van der Waals surface area (Å²) in [6, 6.07) is 11.1. The molecule has 0 spiro atoms. The van der Waals surface area contributed by atoms with Crippen LogP contribution in [0.3, 0.4) is 0 Å². The van der Waals surface area contributed by atoms with E-state index in [0.29, 0.717) is 29.8 Å². The van der Waals surface area contributed by atoms with E-state index in [0.717, 1.165) is 67.8 Å². The summed E-state index contributed by atoms with van der Waals surface area (Å²) in [6.07, 6.45) is 7.02. The van der Waals surface area contributed by atoms with Crippen LogP contribution in [0.2, 0.25) is 0 Å². The van der Waals surface area contributed by atoms with E-state index in [2.05, 4.69) is 47.0 Å². The van der Waals surface area contributed by atoms with E-state index in [9.17, 15) is 13.2 Å². The molecule has 1 saturated heterocycles. The van der Waals surface area contributed by atoms with Gasteiger partial charge in [0.15, 0.2) is 9.84 Å². The number of hydrazone groups is 1. The average molecular weight is 662 g/mol. The minimum atomic E-state index is -3.54. The number of likely N-dealkylation sites (N-methyl/N-ethyl adjacent to an activating group) is 1. The SMILES string of the molecule is CCC1=C(Nc2cc(C)c(C3CCN(C(=O)C4(NC)CC4)CC3)cc2OC)N=C(Nc2ccccc2S(=O)(=O)C(C)C)N2N=CCC12. The molecule has 3 N–H and O–H groups in total. The van der Waals surface area contributed by atoms with Crippen LogP contribution in [0.15, 0.2) is 62.8 Å². The quantitative estimate of drug-likeness (QED) is 0.317. The van der Waals surface area contributed by atoms with E-state index in [1.807, 2.05) is 29.2 Å². The Morgan fingerprint density at radius 3 is 2.47 bits per heavy atom. The molecule has 2 fully saturated rings. The van der Waals surface area contributed by atoms with Gasteiger partial charge in [-0.05, 0) is 107 Å². The van der Waals surface area contributed by atoms with E-state index >= 15 is 0 Å². The first-order chi connectivity index (χ1) is 22.5. The number of hydrogen-bond donors (Lipinski definition) is 3. The molecule has 2 aromatic carbocycles. The largest absolute Gasteiger partial charge is 0.495 e. The lowest BCUT2D eigenvalue weighted by Gasteiger charge is -2.35. The van der Waals surface area contributed by atoms with Gasteiger partial charge in [-0.15, -0.1) is 0 Å². The monoisotopic (exact) mass is 661 g/mol. The Kier molecular flexibility index (Phi) is 9.10. The lowest BCUT2D eigenvalue weighted by molar-refractivity contribution is -0.135. The Morgan fingerprint density at radius 1 is 1.11 bits per heavy atom. The Bertz CT molecular complexity index is 1740. The van der Waals surface area contributed by atoms with Crippen LogP contribution in [0.1, 0.15) is 76.3 Å². The van der Waals surface area contributed by atoms with E-state index < -0.39 is 15.1 Å². The number of anilines is 2. The Hall–Kier alpha value is -3.90. The molecular weight excluding hydrogens is 614 g/mol. The van der Waals surface area contributed by atoms with Gasteiger partial charge in [0.25, 0.3) is 0 Å². The lowest BCUT2D eigenvalue weighted by atomic mass is 9.86. The fourth-order valence-corrected chi connectivity index (χ4v) is 8.21. The van der Waals surface area contributed by atoms with Crippen molar-refractivity contribution in [2.75, 3.05) is 37.9 Å². The molecule has 2 aromatic rings. The second-order valence-corrected chi connectivity index (χ2v) is 15.7. The predicted octanol–water partition coefficient (Wildman–Crippen LogP) is 5.22. The highest BCUT2D eigenvalue weighted by atomic mass is 32.2. The molecule has 252 valence electrons. The van der Waals surface area contributed by atoms with Gasteiger partial charge in [-0.3, -0.25) is 4.79 Å². The number of rotatable bonds is 10. The van der Waals surface area contributed by atoms with Crippen molar-refractivity contribution in [1.29, 1.82) is 0 Å². The number of carbonyl (C=O) groups excluding carboxylic acids is 1. The van der Waals surface area contributed by atoms with Gasteiger partial charge in [-0.1, -0.05) is 19.1 Å². The summed E-state index contributed by atoms with van der Waals surface area (Å²) < 4.78 is 32.3. The van der Waals surface area contributed by atoms with Crippen molar-refractivity contribution in [2.45, 2.75) is 93.9 Å². The summed E-state index contributed by atoms with van der Waals surface area (Å²) in [7, 11) is 0.0250. The topological polar surface area (TPSA) is 128 Å². The molecule has 1 saturated carbocycles. The number of para-hydroxylation sites is 1. The van der Waals surface area contributed by atoms with Crippen LogP contribution >= 0.6 is 0 Å². The molecule has 1 unspecified atom stereocenters. The van der Waals surface area contributed by atoms with Crippen molar-refractivity contribution < 1.29 is 17.9 Å². The maximum atomic E-state index is 13.2. The van der Waals surface area contributed by atoms with Crippen molar-refractivity contribution >= 4 is 39.3 Å². The third-order valence-electron chi connectivity index (χ3n) is 10.1. The average Bonchev–Trinajstić information content (AvgIpc) is 3.72. The van der Waals surface area contributed by atoms with Crippen molar-refractivity contribution in [3.8, 4) is 5.75 Å². The molecule has 11 nitrogen and oxygen atoms in total. The second kappa shape index (κ2) is 13.0. The smallest absolute Gasteiger partial charge is 0.242 e. The van der Waals surface area contributed by atoms with Gasteiger partial charge < -0.3 is 25.6 Å². The van der Waals surface area contributed by atoms with Gasteiger partial charge in [0.05, 0.1) is 40.2 Å². The third kappa shape index (κ3) is 6.13. The van der Waals surface area contributed by atoms with Gasteiger partial charge in [0, 0.05) is 25.7 Å². The zero-order valence-corrected chi connectivity index (χ0v) is 29.1. The molecule has 4 aliphatic rings. The first-order valence-corrected chi connectivity index (χ1v) is 18.2. The van der Waals surface area contributed by atoms with Gasteiger partial charge in [0.1, 0.15) is 11.6 Å². The van der Waals surface area contributed by atoms with Crippen molar-refractivity contribution in [3.63, 3.8) is 0 Å². The number of likely N-dealkylation sites (tertiary alicyclic amines) is 1. The van der Waals surface area contributed by atoms with Gasteiger partial charge >= 0.3 is 0 Å². The number of guanidine groups is 1. The molecule has 1 amide bonds. The number of benzene rings is 2. The molecule has 3 heterocycles. The zero-order chi connectivity index (χ0) is 33.5. The third-order valence-corrected chi connectivity index (χ3v) is 12.3. The first kappa shape index (κ1) is 33.0. The number of amides is 1. The van der Waals surface area contributed by atoms with E-state index in [1.165, 1.54) is 5.56 Å². The number of nitrogens with zero attached hydrogens (tertiary/aromatic N) is 4. The number of methoxy groups -OCH3 is 1. The fraction of sp³-hybridized carbons (Fsp3) is 0.514. The minimum absolute atomic E-state index is 0.0479. The molecule has 6 rings (SSSR count). The summed E-state index contributed by atoms with van der Waals surface area (Å²) in [5, 5.41) is 16.0. The molecular formula is C35H47N7O4S. The number of sulfone groups is 1. The van der Waals surface area contributed by atoms with E-state index in [1.54, 1.807) is 39.2 Å². The Balaban J connectivity index is 1.26. The van der Waals surface area contributed by atoms with Crippen LogP contribution in [0.5, 0.6) is 5.75 Å². The summed E-state index contributed by atoms with van der Waals surface area (Å²) in [5.74, 6) is 2.45. The predicted molar refractivity (Wildman–Crippen MR) is 187 cm³/mol. The van der Waals surface area contributed by atoms with Crippen LogP contribution in [0.25, 0.3) is 0 Å². The van der Waals surface area contributed by atoms with E-state index in [4.69, 9.17) is 9.73 Å². The van der Waals surface area contributed by atoms with Gasteiger partial charge in [-0.25, -0.2) is 13.4 Å². The molecule has 47 heavy (non-hydrogen) atoms. The number of fused-ring (bicyclic) bond motifs is 1. The summed E-state index contributed by atoms with van der Waals surface area (Å²) >= 11 is 0. The minimum Gasteiger partial charge on any atom is -0.495 e. The van der Waals surface area contributed by atoms with Gasteiger partial charge in [-0.2, -0.15) is 10.1 Å². The highest BCUT2D eigenvalue weighted by molar-refractivity contribution is 7.92. The standard InChI is InChI=1S/C35H47N7O4S/c1-7-25-29-12-17-37-42(29)34(39-27-10-8-9-11-31(27)47(44,45)22(2)3)40-32(25)38-28-20-23(4)26(21-30(28)46-6)24-13-18-41(19-14-24)33(43)35(36-5)15-16-35/h8-11,17,20-22,24,29,36,38H,7,12-16,18-19H2,1-6H3,(H,39,40). The molecule has 1 aliphatic carbocycles. The maximum Gasteiger partial charge on any atom is 0.242 e. The molecule has 1 atom stereocenters. The molecule has 12 heteroatoms. The van der Waals surface area contributed by atoms with Crippen molar-refractivity contribution in [1.82, 2.24) is 15.2 Å². The number of nitrogens with one attached hydrogen (secondary N) is 3. The number of aliphatic imine (C=N–C) groups is 1. The number of aryl methyl sites for hydroxylation is 1. The molecule has 0 bridgehead atoms. The molecule has 0 radical (unpaired) electrons. The number of carbonyl (C=O) groups is 1. The van der Waals surface area contributed by atoms with Crippen molar-refractivity contribution in [3.05, 3.63) is 58.9 Å². The van der Waals surface area contributed by atoms with E-state index in [-0.39, 0.29) is 22.4 Å². The van der Waals surface area contributed by atoms with Crippen LogP contribution in [-0.4, -0.2) is 80.5 Å². The number of ether oxygens (including phenoxy) is 1. The Morgan fingerprint density at radius 2 is 1.83 bits per heavy atom. The molecule has 3 aliphatic heterocycles. The normalized spacial score (nSPS) is 20.7. The summed E-state index contributed by atoms with van der Waals surface area (Å²) in [4.78, 5) is 20.3. The summed E-state index contributed by atoms with van der Waals surface area (Å²) in [6.45, 7) is 9.11. The number of piperidine rings is 1. The van der Waals surface area contributed by atoms with Crippen LogP contribution in [0, 0.1) is 6.92 Å². The van der Waals surface area contributed by atoms with Crippen LogP contribution < -0.4 is 20.7 Å². The first-order valence-electron chi connectivity index (χ1n) is 16.7. The highest BCUT2D eigenvalue weighted by Crippen LogP contribution is 2.41. The number of hydrogen-bond acceptors (Lipinski definition) is 10. The van der Waals surface area contributed by atoms with Crippen molar-refractivity contribution in [2.24, 2.45) is 10.1 Å². The van der Waals surface area contributed by atoms with Crippen LogP contribution in [-0.2, 0) is 14.6 Å². The lowest BCUT2D eigenvalue weighted by Crippen LogP contribution is -2.49. The maximum absolute atomic E-state index is 13.2. The zero-order valence-electron chi connectivity index (χ0n) is 28.3. The summed E-state index contributed by atoms with van der Waals surface area (Å²) in [5.41, 5.74) is 4.44. The van der Waals surface area contributed by atoms with Gasteiger partial charge in [0.2, 0.25) is 11.9 Å². The highest BCUT2D eigenvalue weighted by Gasteiger charge is 2.50. The fourth-order valence-electron chi connectivity index (χ4n) is 7.01.